The van der Waals surface area contributed by atoms with Crippen molar-refractivity contribution in [1.29, 1.82) is 0 Å². The SMILES string of the molecule is Bc1ccc(CCCC)c(CCCC)c1CCCC.C[N+](C)(C)C. The Balaban J connectivity index is 0.000000922. The molecule has 0 N–H and O–H groups in total. The van der Waals surface area contributed by atoms with Crippen molar-refractivity contribution in [3.63, 3.8) is 0 Å². The lowest BCUT2D eigenvalue weighted by atomic mass is 9.81. The van der Waals surface area contributed by atoms with E-state index in [9.17, 15) is 0 Å². The zero-order valence-electron chi connectivity index (χ0n) is 18.0. The Kier molecular flexibility index (Phi) is 12.2. The smallest absolute Gasteiger partial charge is 0.139 e. The zero-order chi connectivity index (χ0) is 18.6. The van der Waals surface area contributed by atoms with Gasteiger partial charge in [0.25, 0.3) is 0 Å². The summed E-state index contributed by atoms with van der Waals surface area (Å²) in [5, 5.41) is 0. The normalized spacial score (nSPS) is 11.1. The van der Waals surface area contributed by atoms with Crippen molar-refractivity contribution in [3.05, 3.63) is 28.8 Å². The second-order valence-corrected chi connectivity index (χ2v) is 8.49. The molecule has 0 amide bonds. The van der Waals surface area contributed by atoms with E-state index in [2.05, 4.69) is 68.9 Å². The Hall–Kier alpha value is -0.755. The van der Waals surface area contributed by atoms with Gasteiger partial charge in [-0.15, -0.1) is 0 Å². The molecule has 0 fully saturated rings. The van der Waals surface area contributed by atoms with Gasteiger partial charge >= 0.3 is 0 Å². The maximum absolute atomic E-state index is 2.39. The highest BCUT2D eigenvalue weighted by Gasteiger charge is 2.10. The number of unbranched alkanes of at least 4 members (excludes halogenated alkanes) is 3. The van der Waals surface area contributed by atoms with Crippen LogP contribution in [0.15, 0.2) is 12.1 Å². The number of hydrogen-bond acceptors (Lipinski definition) is 0. The van der Waals surface area contributed by atoms with E-state index in [4.69, 9.17) is 0 Å². The van der Waals surface area contributed by atoms with Gasteiger partial charge in [0.1, 0.15) is 7.85 Å². The van der Waals surface area contributed by atoms with Crippen LogP contribution in [0, 0.1) is 0 Å². The molecule has 1 aromatic carbocycles. The third kappa shape index (κ3) is 10.9. The third-order valence-corrected chi connectivity index (χ3v) is 4.12. The van der Waals surface area contributed by atoms with Crippen molar-refractivity contribution in [1.82, 2.24) is 0 Å². The number of benzene rings is 1. The molecule has 0 heterocycles. The van der Waals surface area contributed by atoms with Gasteiger partial charge in [0, 0.05) is 0 Å². The Morgan fingerprint density at radius 1 is 0.708 bits per heavy atom. The fourth-order valence-corrected chi connectivity index (χ4v) is 2.83. The van der Waals surface area contributed by atoms with E-state index >= 15 is 0 Å². The zero-order valence-corrected chi connectivity index (χ0v) is 18.0. The average molecular weight is 332 g/mol. The summed E-state index contributed by atoms with van der Waals surface area (Å²) in [6.07, 6.45) is 11.7. The van der Waals surface area contributed by atoms with Crippen molar-refractivity contribution < 1.29 is 4.48 Å². The molecule has 0 spiro atoms. The lowest BCUT2D eigenvalue weighted by Gasteiger charge is -2.18. The van der Waals surface area contributed by atoms with Crippen molar-refractivity contribution in [2.75, 3.05) is 28.2 Å². The minimum absolute atomic E-state index is 1.00. The van der Waals surface area contributed by atoms with E-state index in [1.54, 1.807) is 16.7 Å². The summed E-state index contributed by atoms with van der Waals surface area (Å²) < 4.78 is 1.00. The average Bonchev–Trinajstić information content (AvgIpc) is 2.49. The number of nitrogens with zero attached hydrogens (tertiary/aromatic N) is 1. The first-order chi connectivity index (χ1) is 11.2. The summed E-state index contributed by atoms with van der Waals surface area (Å²) in [5.74, 6) is 0. The standard InChI is InChI=1S/C18H31B.C4H12N/c1-4-7-10-15-13-14-18(19)17(12-9-6-3)16(15)11-8-5-2;1-5(2,3)4/h13-14H,4-12,19H2,1-3H3;1-4H3/q;+1. The van der Waals surface area contributed by atoms with Gasteiger partial charge in [0.2, 0.25) is 0 Å². The predicted octanol–water partition coefficient (Wildman–Crippen LogP) is 4.30. The summed E-state index contributed by atoms with van der Waals surface area (Å²) in [5.41, 5.74) is 6.51. The molecule has 0 unspecified atom stereocenters. The van der Waals surface area contributed by atoms with Gasteiger partial charge < -0.3 is 4.48 Å². The fourth-order valence-electron chi connectivity index (χ4n) is 2.83. The van der Waals surface area contributed by atoms with Crippen LogP contribution in [-0.2, 0) is 19.3 Å². The molecule has 2 heteroatoms. The van der Waals surface area contributed by atoms with Crippen LogP contribution >= 0.6 is 0 Å². The van der Waals surface area contributed by atoms with E-state index in [-0.39, 0.29) is 0 Å². The lowest BCUT2D eigenvalue weighted by Crippen LogP contribution is -2.27. The minimum atomic E-state index is 1.00. The third-order valence-electron chi connectivity index (χ3n) is 4.12. The van der Waals surface area contributed by atoms with Crippen LogP contribution in [0.1, 0.15) is 76.0 Å². The summed E-state index contributed by atoms with van der Waals surface area (Å²) in [6, 6.07) is 4.75. The molecule has 0 radical (unpaired) electrons. The molecule has 1 aromatic rings. The van der Waals surface area contributed by atoms with Gasteiger partial charge in [-0.1, -0.05) is 63.2 Å². The van der Waals surface area contributed by atoms with Crippen LogP contribution in [0.3, 0.4) is 0 Å². The van der Waals surface area contributed by atoms with Gasteiger partial charge in [0.15, 0.2) is 0 Å². The monoisotopic (exact) mass is 332 g/mol. The van der Waals surface area contributed by atoms with E-state index in [0.29, 0.717) is 0 Å². The summed E-state index contributed by atoms with van der Waals surface area (Å²) in [4.78, 5) is 0. The molecule has 0 bridgehead atoms. The van der Waals surface area contributed by atoms with Crippen LogP contribution in [0.2, 0.25) is 0 Å². The first kappa shape index (κ1) is 23.2. The Morgan fingerprint density at radius 2 is 1.12 bits per heavy atom. The maximum Gasteiger partial charge on any atom is 0.139 e. The summed E-state index contributed by atoms with van der Waals surface area (Å²) in [6.45, 7) is 6.88. The second-order valence-electron chi connectivity index (χ2n) is 8.49. The van der Waals surface area contributed by atoms with E-state index < -0.39 is 0 Å². The summed E-state index contributed by atoms with van der Waals surface area (Å²) >= 11 is 0. The Bertz CT molecular complexity index is 440. The molecule has 0 aliphatic carbocycles. The van der Waals surface area contributed by atoms with Gasteiger partial charge in [-0.25, -0.2) is 0 Å². The van der Waals surface area contributed by atoms with Crippen molar-refractivity contribution in [3.8, 4) is 0 Å². The molecule has 0 aromatic heterocycles. The van der Waals surface area contributed by atoms with E-state index in [1.165, 1.54) is 63.3 Å². The van der Waals surface area contributed by atoms with Crippen molar-refractivity contribution in [2.45, 2.75) is 78.6 Å². The Morgan fingerprint density at radius 3 is 1.58 bits per heavy atom. The molecule has 24 heavy (non-hydrogen) atoms. The molecular formula is C22H43BN+. The molecule has 0 saturated heterocycles. The molecule has 1 nitrogen and oxygen atoms in total. The molecule has 0 saturated carbocycles. The molecule has 138 valence electrons. The van der Waals surface area contributed by atoms with Crippen molar-refractivity contribution >= 4 is 13.3 Å². The molecule has 1 rings (SSSR count). The van der Waals surface area contributed by atoms with Crippen molar-refractivity contribution in [2.24, 2.45) is 0 Å². The van der Waals surface area contributed by atoms with Gasteiger partial charge in [-0.3, -0.25) is 0 Å². The fraction of sp³-hybridized carbons (Fsp3) is 0.727. The highest BCUT2D eigenvalue weighted by Crippen LogP contribution is 2.20. The van der Waals surface area contributed by atoms with Crippen LogP contribution < -0.4 is 5.46 Å². The van der Waals surface area contributed by atoms with Gasteiger partial charge in [-0.05, 0) is 49.7 Å². The molecular weight excluding hydrogens is 289 g/mol. The molecule has 0 aliphatic heterocycles. The summed E-state index contributed by atoms with van der Waals surface area (Å²) in [7, 11) is 10.8. The first-order valence-electron chi connectivity index (χ1n) is 10.1. The van der Waals surface area contributed by atoms with Gasteiger partial charge in [-0.2, -0.15) is 0 Å². The Labute approximate surface area is 153 Å². The van der Waals surface area contributed by atoms with Crippen LogP contribution in [0.5, 0.6) is 0 Å². The maximum atomic E-state index is 2.39. The second kappa shape index (κ2) is 12.6. The predicted molar refractivity (Wildman–Crippen MR) is 114 cm³/mol. The van der Waals surface area contributed by atoms with Crippen LogP contribution in [-0.4, -0.2) is 40.5 Å². The first-order valence-corrected chi connectivity index (χ1v) is 10.1. The highest BCUT2D eigenvalue weighted by atomic mass is 15.2. The quantitative estimate of drug-likeness (QED) is 0.467. The van der Waals surface area contributed by atoms with Crippen LogP contribution in [0.4, 0.5) is 0 Å². The largest absolute Gasteiger partial charge is 0.333 e. The highest BCUT2D eigenvalue weighted by molar-refractivity contribution is 6.33. The number of aryl methyl sites for hydroxylation is 1. The lowest BCUT2D eigenvalue weighted by molar-refractivity contribution is -0.849. The van der Waals surface area contributed by atoms with Gasteiger partial charge in [0.05, 0.1) is 28.2 Å². The molecule has 0 aliphatic rings. The topological polar surface area (TPSA) is 0 Å². The molecule has 0 atom stereocenters. The van der Waals surface area contributed by atoms with Crippen LogP contribution in [0.25, 0.3) is 0 Å². The number of quaternary nitrogens is 1. The minimum Gasteiger partial charge on any atom is -0.333 e. The van der Waals surface area contributed by atoms with E-state index in [0.717, 1.165) is 4.48 Å². The number of hydrogen-bond donors (Lipinski definition) is 0. The number of rotatable bonds is 9. The van der Waals surface area contributed by atoms with E-state index in [1.807, 2.05) is 0 Å².